The third kappa shape index (κ3) is 5.33. The zero-order chi connectivity index (χ0) is 42.4. The van der Waals surface area contributed by atoms with Gasteiger partial charge in [0, 0.05) is 44.7 Å². The standard InChI is InChI=1S/C62H44N2/c1-41-13-12-19-55-54-18-6-11-24-60(54)64(61(41)55)49-39-31-45(32-40-49)43-27-35-47(36-28-43)62(56-20-7-2-14-50(56)51-15-3-8-21-57(51)62)46-33-25-42(26-34-46)44-29-37-48(38-30-44)63-58-22-9-4-16-52(58)53-17-5-10-23-59(53)63/h2-12,14-41H,13H2,1H3. The summed E-state index contributed by atoms with van der Waals surface area (Å²) in [4.78, 5) is 0. The number of rotatable bonds is 6. The van der Waals surface area contributed by atoms with E-state index in [1.165, 1.54) is 105 Å². The Bertz CT molecular complexity index is 3520. The summed E-state index contributed by atoms with van der Waals surface area (Å²) in [5.74, 6) is 0.457. The third-order valence-corrected chi connectivity index (χ3v) is 14.3. The van der Waals surface area contributed by atoms with Crippen LogP contribution in [-0.2, 0) is 5.41 Å². The van der Waals surface area contributed by atoms with Gasteiger partial charge in [-0.1, -0.05) is 195 Å². The highest BCUT2D eigenvalue weighted by Gasteiger charge is 2.45. The molecule has 13 rings (SSSR count). The van der Waals surface area contributed by atoms with Crippen LogP contribution < -0.4 is 0 Å². The number of allylic oxidation sites excluding steroid dienone is 1. The first-order valence-electron chi connectivity index (χ1n) is 22.6. The highest BCUT2D eigenvalue weighted by atomic mass is 15.0. The molecule has 2 aliphatic carbocycles. The number of para-hydroxylation sites is 3. The second-order valence-electron chi connectivity index (χ2n) is 17.6. The van der Waals surface area contributed by atoms with E-state index in [2.05, 4.69) is 247 Å². The number of aromatic nitrogens is 2. The van der Waals surface area contributed by atoms with Gasteiger partial charge in [0.15, 0.2) is 0 Å². The molecule has 0 saturated heterocycles. The van der Waals surface area contributed by atoms with Crippen molar-refractivity contribution in [3.63, 3.8) is 0 Å². The summed E-state index contributed by atoms with van der Waals surface area (Å²) in [6.07, 6.45) is 5.71. The van der Waals surface area contributed by atoms with Crippen LogP contribution in [-0.4, -0.2) is 9.13 Å². The van der Waals surface area contributed by atoms with Crippen LogP contribution in [0.15, 0.2) is 224 Å². The molecule has 9 aromatic carbocycles. The first-order chi connectivity index (χ1) is 31.7. The van der Waals surface area contributed by atoms with E-state index >= 15 is 0 Å². The molecule has 0 bridgehead atoms. The van der Waals surface area contributed by atoms with Gasteiger partial charge >= 0.3 is 0 Å². The van der Waals surface area contributed by atoms with Gasteiger partial charge in [-0.2, -0.15) is 0 Å². The molecule has 0 fully saturated rings. The summed E-state index contributed by atoms with van der Waals surface area (Å²) >= 11 is 0. The predicted octanol–water partition coefficient (Wildman–Crippen LogP) is 15.9. The Hall–Kier alpha value is -7.94. The van der Waals surface area contributed by atoms with Crippen LogP contribution in [0.3, 0.4) is 0 Å². The molecule has 2 nitrogen and oxygen atoms in total. The maximum Gasteiger partial charge on any atom is 0.0713 e. The van der Waals surface area contributed by atoms with Crippen LogP contribution in [0.25, 0.3) is 83.5 Å². The summed E-state index contributed by atoms with van der Waals surface area (Å²) in [5.41, 5.74) is 21.0. The monoisotopic (exact) mass is 816 g/mol. The minimum absolute atomic E-state index is 0.457. The Kier molecular flexibility index (Phi) is 8.20. The van der Waals surface area contributed by atoms with Crippen LogP contribution in [0.2, 0.25) is 0 Å². The maximum atomic E-state index is 2.48. The number of hydrogen-bond donors (Lipinski definition) is 0. The molecule has 0 N–H and O–H groups in total. The number of benzene rings is 9. The minimum Gasteiger partial charge on any atom is -0.313 e. The highest BCUT2D eigenvalue weighted by molar-refractivity contribution is 6.09. The summed E-state index contributed by atoms with van der Waals surface area (Å²) < 4.78 is 4.86. The smallest absolute Gasteiger partial charge is 0.0713 e. The molecule has 1 atom stereocenters. The summed E-state index contributed by atoms with van der Waals surface area (Å²) in [5, 5.41) is 3.88. The predicted molar refractivity (Wildman–Crippen MR) is 268 cm³/mol. The SMILES string of the molecule is CC1CC=Cc2c1n(-c1ccc(-c3ccc(C4(c5ccc(-c6ccc(-n7c8ccccc8c8ccccc87)cc6)cc5)c5ccccc5-c5ccccc54)cc3)cc1)c1ccccc21. The van der Waals surface area contributed by atoms with Gasteiger partial charge in [-0.3, -0.25) is 0 Å². The van der Waals surface area contributed by atoms with E-state index < -0.39 is 5.41 Å². The first kappa shape index (κ1) is 36.7. The molecule has 64 heavy (non-hydrogen) atoms. The van der Waals surface area contributed by atoms with E-state index in [-0.39, 0.29) is 0 Å². The zero-order valence-corrected chi connectivity index (χ0v) is 35.6. The van der Waals surface area contributed by atoms with Crippen molar-refractivity contribution < 1.29 is 0 Å². The van der Waals surface area contributed by atoms with Crippen molar-refractivity contribution in [1.82, 2.24) is 9.13 Å². The van der Waals surface area contributed by atoms with Crippen molar-refractivity contribution in [3.8, 4) is 44.8 Å². The van der Waals surface area contributed by atoms with Gasteiger partial charge in [0.05, 0.1) is 22.0 Å². The van der Waals surface area contributed by atoms with Crippen LogP contribution in [0, 0.1) is 0 Å². The molecule has 0 aliphatic heterocycles. The molecular formula is C62H44N2. The van der Waals surface area contributed by atoms with Gasteiger partial charge in [0.1, 0.15) is 0 Å². The summed E-state index contributed by atoms with van der Waals surface area (Å²) in [7, 11) is 0. The topological polar surface area (TPSA) is 9.86 Å². The lowest BCUT2D eigenvalue weighted by molar-refractivity contribution is 0.723. The molecule has 0 saturated carbocycles. The van der Waals surface area contributed by atoms with Crippen molar-refractivity contribution in [2.75, 3.05) is 0 Å². The van der Waals surface area contributed by atoms with Crippen molar-refractivity contribution in [2.24, 2.45) is 0 Å². The zero-order valence-electron chi connectivity index (χ0n) is 35.6. The van der Waals surface area contributed by atoms with E-state index in [4.69, 9.17) is 0 Å². The molecule has 2 heterocycles. The van der Waals surface area contributed by atoms with Crippen molar-refractivity contribution in [3.05, 3.63) is 258 Å². The van der Waals surface area contributed by atoms with Gasteiger partial charge in [-0.15, -0.1) is 0 Å². The van der Waals surface area contributed by atoms with E-state index in [1.54, 1.807) is 0 Å². The minimum atomic E-state index is -0.478. The maximum absolute atomic E-state index is 2.48. The van der Waals surface area contributed by atoms with E-state index in [1.807, 2.05) is 0 Å². The molecule has 11 aromatic rings. The van der Waals surface area contributed by atoms with Crippen molar-refractivity contribution >= 4 is 38.8 Å². The van der Waals surface area contributed by atoms with Crippen LogP contribution in [0.1, 0.15) is 52.8 Å². The van der Waals surface area contributed by atoms with E-state index in [0.29, 0.717) is 5.92 Å². The van der Waals surface area contributed by atoms with Gasteiger partial charge in [-0.05, 0) is 105 Å². The Morgan fingerprint density at radius 2 is 0.781 bits per heavy atom. The lowest BCUT2D eigenvalue weighted by Crippen LogP contribution is -2.28. The molecule has 0 amide bonds. The average molecular weight is 817 g/mol. The first-order valence-corrected chi connectivity index (χ1v) is 22.6. The normalized spacial score (nSPS) is 14.8. The summed E-state index contributed by atoms with van der Waals surface area (Å²) in [6.45, 7) is 2.35. The van der Waals surface area contributed by atoms with Gasteiger partial charge < -0.3 is 9.13 Å². The average Bonchev–Trinajstić information content (AvgIpc) is 4.00. The number of hydrogen-bond acceptors (Lipinski definition) is 0. The number of nitrogens with zero attached hydrogens (tertiary/aromatic N) is 2. The molecule has 302 valence electrons. The Labute approximate surface area is 373 Å². The van der Waals surface area contributed by atoms with Gasteiger partial charge in [0.2, 0.25) is 0 Å². The lowest BCUT2D eigenvalue weighted by atomic mass is 9.67. The van der Waals surface area contributed by atoms with Crippen LogP contribution >= 0.6 is 0 Å². The molecule has 0 radical (unpaired) electrons. The number of fused-ring (bicyclic) bond motifs is 9. The second kappa shape index (κ2) is 14.3. The van der Waals surface area contributed by atoms with Gasteiger partial charge in [0.25, 0.3) is 0 Å². The Morgan fingerprint density at radius 3 is 1.28 bits per heavy atom. The van der Waals surface area contributed by atoms with Crippen molar-refractivity contribution in [1.29, 1.82) is 0 Å². The fourth-order valence-corrected chi connectivity index (χ4v) is 11.4. The highest BCUT2D eigenvalue weighted by Crippen LogP contribution is 2.56. The Balaban J connectivity index is 0.874. The molecule has 2 aromatic heterocycles. The summed E-state index contributed by atoms with van der Waals surface area (Å²) in [6, 6.07) is 81.2. The van der Waals surface area contributed by atoms with Crippen LogP contribution in [0.4, 0.5) is 0 Å². The Morgan fingerprint density at radius 1 is 0.391 bits per heavy atom. The third-order valence-electron chi connectivity index (χ3n) is 14.3. The van der Waals surface area contributed by atoms with E-state index in [9.17, 15) is 0 Å². The molecule has 2 aliphatic rings. The van der Waals surface area contributed by atoms with Crippen molar-refractivity contribution in [2.45, 2.75) is 24.7 Å². The molecule has 0 spiro atoms. The lowest BCUT2D eigenvalue weighted by Gasteiger charge is -2.34. The molecular weight excluding hydrogens is 773 g/mol. The van der Waals surface area contributed by atoms with Crippen LogP contribution in [0.5, 0.6) is 0 Å². The fourth-order valence-electron chi connectivity index (χ4n) is 11.4. The van der Waals surface area contributed by atoms with E-state index in [0.717, 1.165) is 12.1 Å². The van der Waals surface area contributed by atoms with Gasteiger partial charge in [-0.25, -0.2) is 0 Å². The molecule has 2 heteroatoms. The second-order valence-corrected chi connectivity index (χ2v) is 17.6. The molecule has 1 unspecified atom stereocenters. The quantitative estimate of drug-likeness (QED) is 0.158. The fraction of sp³-hybridized carbons (Fsp3) is 0.0645. The largest absolute Gasteiger partial charge is 0.313 e.